The summed E-state index contributed by atoms with van der Waals surface area (Å²) >= 11 is 6.54. The lowest BCUT2D eigenvalue weighted by Gasteiger charge is -2.08. The van der Waals surface area contributed by atoms with Crippen molar-refractivity contribution in [2.45, 2.75) is 6.61 Å². The molecule has 2 aromatic carbocycles. The highest BCUT2D eigenvalue weighted by Gasteiger charge is 2.02. The summed E-state index contributed by atoms with van der Waals surface area (Å²) in [6.45, 7) is 0.341. The minimum Gasteiger partial charge on any atom is -0.489 e. The number of nitrogens with two attached hydrogens (primary N) is 1. The average molecular weight is 375 g/mol. The lowest BCUT2D eigenvalue weighted by Crippen LogP contribution is -1.97. The molecule has 0 fully saturated rings. The van der Waals surface area contributed by atoms with Gasteiger partial charge in [0, 0.05) is 20.7 Å². The Bertz CT molecular complexity index is 555. The van der Waals surface area contributed by atoms with Crippen LogP contribution in [0, 0.1) is 5.82 Å². The lowest BCUT2D eigenvalue weighted by molar-refractivity contribution is 0.304. The highest BCUT2D eigenvalue weighted by atomic mass is 79.9. The Balaban J connectivity index is 2.08. The van der Waals surface area contributed by atoms with E-state index in [1.165, 1.54) is 12.1 Å². The molecule has 0 bridgehead atoms. The summed E-state index contributed by atoms with van der Waals surface area (Å²) < 4.78 is 20.1. The monoisotopic (exact) mass is 373 g/mol. The smallest absolute Gasteiger partial charge is 0.128 e. The van der Waals surface area contributed by atoms with E-state index in [1.807, 2.05) is 18.2 Å². The van der Waals surface area contributed by atoms with Gasteiger partial charge in [-0.2, -0.15) is 0 Å². The third-order valence-electron chi connectivity index (χ3n) is 2.30. The van der Waals surface area contributed by atoms with E-state index in [2.05, 4.69) is 31.9 Å². The summed E-state index contributed by atoms with van der Waals surface area (Å²) in [5.74, 6) is 0.137. The Kier molecular flexibility index (Phi) is 4.24. The van der Waals surface area contributed by atoms with Crippen LogP contribution < -0.4 is 10.5 Å². The normalized spacial score (nSPS) is 10.4. The molecule has 0 heterocycles. The van der Waals surface area contributed by atoms with Crippen LogP contribution in [0.2, 0.25) is 0 Å². The van der Waals surface area contributed by atoms with Crippen LogP contribution in [0.5, 0.6) is 5.75 Å². The molecule has 2 aromatic rings. The van der Waals surface area contributed by atoms with Gasteiger partial charge >= 0.3 is 0 Å². The molecule has 0 radical (unpaired) electrons. The lowest BCUT2D eigenvalue weighted by atomic mass is 10.2. The molecule has 0 aromatic heterocycles. The molecule has 0 saturated carbocycles. The molecule has 0 saturated heterocycles. The fourth-order valence-electron chi connectivity index (χ4n) is 1.46. The van der Waals surface area contributed by atoms with Gasteiger partial charge in [-0.05, 0) is 45.8 Å². The first-order chi connectivity index (χ1) is 8.54. The van der Waals surface area contributed by atoms with E-state index in [-0.39, 0.29) is 5.82 Å². The minimum absolute atomic E-state index is 0.338. The molecule has 18 heavy (non-hydrogen) atoms. The molecule has 0 unspecified atom stereocenters. The second-order valence-electron chi connectivity index (χ2n) is 3.75. The van der Waals surface area contributed by atoms with Crippen molar-refractivity contribution < 1.29 is 9.13 Å². The highest BCUT2D eigenvalue weighted by Crippen LogP contribution is 2.23. The number of nitrogen functional groups attached to an aromatic ring is 1. The van der Waals surface area contributed by atoms with Crippen LogP contribution in [-0.2, 0) is 6.61 Å². The van der Waals surface area contributed by atoms with Crippen LogP contribution in [-0.4, -0.2) is 0 Å². The molecule has 2 nitrogen and oxygen atoms in total. The van der Waals surface area contributed by atoms with Crippen LogP contribution in [0.15, 0.2) is 45.3 Å². The maximum atomic E-state index is 13.1. The van der Waals surface area contributed by atoms with Crippen LogP contribution in [0.1, 0.15) is 5.56 Å². The van der Waals surface area contributed by atoms with Crippen molar-refractivity contribution in [3.63, 3.8) is 0 Å². The SMILES string of the molecule is Nc1cc(COc2cc(F)cc(Br)c2)ccc1Br. The van der Waals surface area contributed by atoms with Crippen molar-refractivity contribution >= 4 is 37.5 Å². The van der Waals surface area contributed by atoms with Gasteiger partial charge in [-0.3, -0.25) is 0 Å². The van der Waals surface area contributed by atoms with Crippen LogP contribution in [0.4, 0.5) is 10.1 Å². The molecule has 0 atom stereocenters. The predicted molar refractivity (Wildman–Crippen MR) is 77.0 cm³/mol. The van der Waals surface area contributed by atoms with Crippen LogP contribution >= 0.6 is 31.9 Å². The zero-order valence-corrected chi connectivity index (χ0v) is 12.5. The zero-order valence-electron chi connectivity index (χ0n) is 9.29. The fraction of sp³-hybridized carbons (Fsp3) is 0.0769. The maximum Gasteiger partial charge on any atom is 0.128 e. The van der Waals surface area contributed by atoms with Crippen molar-refractivity contribution in [1.29, 1.82) is 0 Å². The van der Waals surface area contributed by atoms with Crippen LogP contribution in [0.25, 0.3) is 0 Å². The predicted octanol–water partition coefficient (Wildman–Crippen LogP) is 4.51. The van der Waals surface area contributed by atoms with Gasteiger partial charge < -0.3 is 10.5 Å². The second kappa shape index (κ2) is 5.71. The number of rotatable bonds is 3. The maximum absolute atomic E-state index is 13.1. The van der Waals surface area contributed by atoms with E-state index in [0.29, 0.717) is 22.5 Å². The van der Waals surface area contributed by atoms with Crippen molar-refractivity contribution in [1.82, 2.24) is 0 Å². The topological polar surface area (TPSA) is 35.2 Å². The van der Waals surface area contributed by atoms with Crippen molar-refractivity contribution in [2.24, 2.45) is 0 Å². The van der Waals surface area contributed by atoms with Crippen molar-refractivity contribution in [3.8, 4) is 5.75 Å². The molecule has 2 N–H and O–H groups in total. The summed E-state index contributed by atoms with van der Waals surface area (Å²) in [5, 5.41) is 0. The number of benzene rings is 2. The van der Waals surface area contributed by atoms with E-state index in [9.17, 15) is 4.39 Å². The molecule has 0 spiro atoms. The standard InChI is InChI=1S/C13H10Br2FNO/c14-9-4-10(16)6-11(5-9)18-7-8-1-2-12(15)13(17)3-8/h1-6H,7,17H2. The van der Waals surface area contributed by atoms with E-state index in [4.69, 9.17) is 10.5 Å². The molecule has 5 heteroatoms. The fourth-order valence-corrected chi connectivity index (χ4v) is 2.15. The van der Waals surface area contributed by atoms with Gasteiger partial charge in [0.25, 0.3) is 0 Å². The van der Waals surface area contributed by atoms with Gasteiger partial charge in [0.1, 0.15) is 18.2 Å². The number of halogens is 3. The Hall–Kier alpha value is -1.07. The van der Waals surface area contributed by atoms with Gasteiger partial charge in [-0.15, -0.1) is 0 Å². The van der Waals surface area contributed by atoms with Gasteiger partial charge in [-0.25, -0.2) is 4.39 Å². The quantitative estimate of drug-likeness (QED) is 0.802. The number of hydrogen-bond donors (Lipinski definition) is 1. The summed E-state index contributed by atoms with van der Waals surface area (Å²) in [7, 11) is 0. The largest absolute Gasteiger partial charge is 0.489 e. The zero-order chi connectivity index (χ0) is 13.1. The van der Waals surface area contributed by atoms with Crippen molar-refractivity contribution in [3.05, 3.63) is 56.7 Å². The molecule has 0 amide bonds. The van der Waals surface area contributed by atoms with Crippen molar-refractivity contribution in [2.75, 3.05) is 5.73 Å². The molecule has 0 aliphatic rings. The highest BCUT2D eigenvalue weighted by molar-refractivity contribution is 9.10. The Morgan fingerprint density at radius 2 is 1.89 bits per heavy atom. The van der Waals surface area contributed by atoms with E-state index >= 15 is 0 Å². The molecule has 0 aliphatic heterocycles. The summed E-state index contributed by atoms with van der Waals surface area (Å²) in [4.78, 5) is 0. The Labute approximate surface area is 121 Å². The summed E-state index contributed by atoms with van der Waals surface area (Å²) in [6, 6.07) is 10.0. The first-order valence-electron chi connectivity index (χ1n) is 5.17. The third-order valence-corrected chi connectivity index (χ3v) is 3.48. The van der Waals surface area contributed by atoms with Gasteiger partial charge in [0.15, 0.2) is 0 Å². The van der Waals surface area contributed by atoms with E-state index < -0.39 is 0 Å². The molecular formula is C13H10Br2FNO. The van der Waals surface area contributed by atoms with Crippen LogP contribution in [0.3, 0.4) is 0 Å². The average Bonchev–Trinajstić information content (AvgIpc) is 2.29. The first-order valence-corrected chi connectivity index (χ1v) is 6.76. The Morgan fingerprint density at radius 1 is 1.11 bits per heavy atom. The molecule has 2 rings (SSSR count). The first kappa shape index (κ1) is 13.4. The van der Waals surface area contributed by atoms with Gasteiger partial charge in [0.2, 0.25) is 0 Å². The minimum atomic E-state index is -0.338. The van der Waals surface area contributed by atoms with E-state index in [1.54, 1.807) is 6.07 Å². The molecule has 94 valence electrons. The van der Waals surface area contributed by atoms with E-state index in [0.717, 1.165) is 10.0 Å². The Morgan fingerprint density at radius 3 is 2.56 bits per heavy atom. The molecule has 0 aliphatic carbocycles. The number of ether oxygens (including phenoxy) is 1. The number of hydrogen-bond acceptors (Lipinski definition) is 2. The summed E-state index contributed by atoms with van der Waals surface area (Å²) in [6.07, 6.45) is 0. The third kappa shape index (κ3) is 3.46. The number of anilines is 1. The second-order valence-corrected chi connectivity index (χ2v) is 5.52. The molecular weight excluding hydrogens is 365 g/mol. The van der Waals surface area contributed by atoms with Gasteiger partial charge in [-0.1, -0.05) is 22.0 Å². The van der Waals surface area contributed by atoms with Gasteiger partial charge in [0.05, 0.1) is 0 Å². The summed E-state index contributed by atoms with van der Waals surface area (Å²) in [5.41, 5.74) is 7.34.